The van der Waals surface area contributed by atoms with Crippen molar-refractivity contribution < 1.29 is 4.74 Å². The highest BCUT2D eigenvalue weighted by molar-refractivity contribution is 6.01. The third-order valence-electron chi connectivity index (χ3n) is 11.0. The second-order valence-electron chi connectivity index (χ2n) is 16.0. The molecule has 0 radical (unpaired) electrons. The number of fused-ring (bicyclic) bond motifs is 8. The van der Waals surface area contributed by atoms with Crippen LogP contribution in [-0.2, 0) is 5.41 Å². The predicted molar refractivity (Wildman–Crippen MR) is 246 cm³/mol. The summed E-state index contributed by atoms with van der Waals surface area (Å²) in [4.78, 5) is 18.7. The van der Waals surface area contributed by atoms with Crippen molar-refractivity contribution in [1.29, 1.82) is 0 Å². The zero-order chi connectivity index (χ0) is 39.9. The number of rotatable bonds is 6. The predicted octanol–water partition coefficient (Wildman–Crippen LogP) is 14.4. The monoisotopic (exact) mass is 762 g/mol. The van der Waals surface area contributed by atoms with Gasteiger partial charge >= 0.3 is 0 Å². The minimum atomic E-state index is 0.0157. The summed E-state index contributed by atoms with van der Waals surface area (Å²) in [6, 6.07) is 56.8. The fourth-order valence-electron chi connectivity index (χ4n) is 8.12. The molecular weight excluding hydrogens is 721 g/mol. The van der Waals surface area contributed by atoms with Crippen LogP contribution in [-0.4, -0.2) is 19.9 Å². The number of hydrogen-bond donors (Lipinski definition) is 2. The maximum Gasteiger partial charge on any atom is 0.153 e. The minimum Gasteiger partial charge on any atom is -0.455 e. The Kier molecular flexibility index (Phi) is 8.99. The van der Waals surface area contributed by atoms with Gasteiger partial charge in [0.05, 0.1) is 33.8 Å². The van der Waals surface area contributed by atoms with Crippen molar-refractivity contribution in [2.75, 3.05) is 0 Å². The molecule has 3 aromatic heterocycles. The van der Waals surface area contributed by atoms with Crippen LogP contribution in [0.3, 0.4) is 0 Å². The van der Waals surface area contributed by atoms with E-state index in [1.165, 1.54) is 5.56 Å². The van der Waals surface area contributed by atoms with Gasteiger partial charge in [-0.3, -0.25) is 0 Å². The van der Waals surface area contributed by atoms with E-state index in [4.69, 9.17) is 14.7 Å². The first-order valence-electron chi connectivity index (χ1n) is 20.1. The zero-order valence-corrected chi connectivity index (χ0v) is 33.2. The number of nitrogens with one attached hydrogen (secondary N) is 2. The zero-order valence-electron chi connectivity index (χ0n) is 33.2. The number of benzene rings is 5. The lowest BCUT2D eigenvalue weighted by atomic mass is 9.87. The Hall–Kier alpha value is -7.50. The summed E-state index contributed by atoms with van der Waals surface area (Å²) >= 11 is 0. The Morgan fingerprint density at radius 3 is 1.22 bits per heavy atom. The Bertz CT molecular complexity index is 3060. The molecule has 0 saturated carbocycles. The van der Waals surface area contributed by atoms with Crippen LogP contribution < -0.4 is 4.74 Å². The Morgan fingerprint density at radius 1 is 0.407 bits per heavy atom. The molecule has 2 aliphatic rings. The van der Waals surface area contributed by atoms with Gasteiger partial charge in [0.1, 0.15) is 5.75 Å². The summed E-state index contributed by atoms with van der Waals surface area (Å²) in [5.74, 6) is 1.44. The maximum absolute atomic E-state index is 6.95. The second-order valence-corrected chi connectivity index (χ2v) is 16.0. The van der Waals surface area contributed by atoms with Gasteiger partial charge in [0.25, 0.3) is 0 Å². The molecule has 59 heavy (non-hydrogen) atoms. The van der Waals surface area contributed by atoms with Gasteiger partial charge in [-0.15, -0.1) is 0 Å². The average molecular weight is 763 g/mol. The number of aromatic nitrogens is 4. The van der Waals surface area contributed by atoms with Crippen molar-refractivity contribution in [3.05, 3.63) is 192 Å². The average Bonchev–Trinajstić information content (AvgIpc) is 4.10. The van der Waals surface area contributed by atoms with E-state index in [-0.39, 0.29) is 5.41 Å². The lowest BCUT2D eigenvalue weighted by Gasteiger charge is -2.19. The first-order chi connectivity index (χ1) is 28.9. The molecule has 5 heteroatoms. The van der Waals surface area contributed by atoms with Crippen molar-refractivity contribution >= 4 is 46.4 Å². The number of hydrogen-bond acceptors (Lipinski definition) is 3. The van der Waals surface area contributed by atoms with Crippen LogP contribution in [0.5, 0.6) is 11.5 Å². The summed E-state index contributed by atoms with van der Waals surface area (Å²) in [5, 5.41) is 0. The molecular formula is C54H42N4O. The van der Waals surface area contributed by atoms with E-state index in [9.17, 15) is 0 Å². The summed E-state index contributed by atoms with van der Waals surface area (Å²) in [7, 11) is 0. The van der Waals surface area contributed by atoms with Gasteiger partial charge in [0.15, 0.2) is 5.75 Å². The third-order valence-corrected chi connectivity index (χ3v) is 11.0. The Morgan fingerprint density at radius 2 is 0.797 bits per heavy atom. The molecule has 5 aromatic carbocycles. The molecule has 0 aliphatic carbocycles. The van der Waals surface area contributed by atoms with E-state index in [1.807, 2.05) is 24.3 Å². The molecule has 0 spiro atoms. The van der Waals surface area contributed by atoms with Gasteiger partial charge in [-0.25, -0.2) is 9.97 Å². The van der Waals surface area contributed by atoms with E-state index in [0.717, 1.165) is 95.1 Å². The highest BCUT2D eigenvalue weighted by Crippen LogP contribution is 2.42. The smallest absolute Gasteiger partial charge is 0.153 e. The van der Waals surface area contributed by atoms with Crippen LogP contribution in [0.25, 0.3) is 90.9 Å². The molecule has 10 rings (SSSR count). The van der Waals surface area contributed by atoms with Crippen LogP contribution in [0.1, 0.15) is 49.1 Å². The molecule has 0 amide bonds. The van der Waals surface area contributed by atoms with E-state index in [2.05, 4.69) is 195 Å². The van der Waals surface area contributed by atoms with E-state index in [1.54, 1.807) is 0 Å². The van der Waals surface area contributed by atoms with Gasteiger partial charge < -0.3 is 14.7 Å². The normalized spacial score (nSPS) is 12.2. The molecule has 0 unspecified atom stereocenters. The van der Waals surface area contributed by atoms with Gasteiger partial charge in [0, 0.05) is 39.4 Å². The van der Waals surface area contributed by atoms with Crippen LogP contribution in [0, 0.1) is 0 Å². The largest absolute Gasteiger partial charge is 0.455 e. The standard InChI is InChI=1S/C54H42N4O/c1-54(2,3)39-24-26-40(27-25-39)59-48-34-47-51(37-20-12-6-13-21-37)45-31-30-43(56-45)49(35-16-8-4-9-17-35)41-28-29-42(55-41)50(36-18-10-5-11-19-36)44-32-33-46(57-44)52(53(48)58-47)38-22-14-7-15-23-38/h4-34,55,58H,1-3H3. The second kappa shape index (κ2) is 14.8. The lowest BCUT2D eigenvalue weighted by molar-refractivity contribution is 0.488. The van der Waals surface area contributed by atoms with E-state index in [0.29, 0.717) is 5.75 Å². The first-order valence-corrected chi connectivity index (χ1v) is 20.1. The van der Waals surface area contributed by atoms with Crippen LogP contribution >= 0.6 is 0 Å². The Balaban J connectivity index is 1.38. The molecule has 0 fully saturated rings. The molecule has 5 heterocycles. The van der Waals surface area contributed by atoms with Crippen molar-refractivity contribution in [3.63, 3.8) is 0 Å². The molecule has 0 saturated heterocycles. The van der Waals surface area contributed by atoms with Crippen molar-refractivity contribution in [3.8, 4) is 56.0 Å². The maximum atomic E-state index is 6.95. The van der Waals surface area contributed by atoms with Gasteiger partial charge in [-0.05, 0) is 81.8 Å². The number of nitrogens with zero attached hydrogens (tertiary/aromatic N) is 2. The van der Waals surface area contributed by atoms with Crippen molar-refractivity contribution in [1.82, 2.24) is 19.9 Å². The fourth-order valence-corrected chi connectivity index (χ4v) is 8.12. The van der Waals surface area contributed by atoms with Gasteiger partial charge in [-0.2, -0.15) is 0 Å². The third kappa shape index (κ3) is 6.87. The molecule has 2 N–H and O–H groups in total. The lowest BCUT2D eigenvalue weighted by Crippen LogP contribution is -2.10. The van der Waals surface area contributed by atoms with Gasteiger partial charge in [0.2, 0.25) is 0 Å². The molecule has 284 valence electrons. The molecule has 8 aromatic rings. The summed E-state index contributed by atoms with van der Waals surface area (Å²) in [6.07, 6.45) is 8.51. The summed E-state index contributed by atoms with van der Waals surface area (Å²) < 4.78 is 6.95. The first kappa shape index (κ1) is 35.9. The van der Waals surface area contributed by atoms with Crippen LogP contribution in [0.15, 0.2) is 164 Å². The highest BCUT2D eigenvalue weighted by atomic mass is 16.5. The van der Waals surface area contributed by atoms with Crippen molar-refractivity contribution in [2.24, 2.45) is 0 Å². The highest BCUT2D eigenvalue weighted by Gasteiger charge is 2.22. The van der Waals surface area contributed by atoms with Crippen LogP contribution in [0.4, 0.5) is 0 Å². The minimum absolute atomic E-state index is 0.0157. The quantitative estimate of drug-likeness (QED) is 0.177. The SMILES string of the molecule is CC(C)(C)c1ccc(Oc2cc3[nH]c2c(-c2ccccc2)c2nc(c(-c4ccccc4)c4ccc([nH]4)c(-c4ccccc4)c4nc(c3-c3ccccc3)C=C4)C=C2)cc1. The fraction of sp³-hybridized carbons (Fsp3) is 0.0741. The number of H-pyrrole nitrogens is 2. The topological polar surface area (TPSA) is 66.6 Å². The summed E-state index contributed by atoms with van der Waals surface area (Å²) in [6.45, 7) is 6.67. The van der Waals surface area contributed by atoms with E-state index >= 15 is 0 Å². The molecule has 2 aliphatic heterocycles. The molecule has 0 atom stereocenters. The van der Waals surface area contributed by atoms with E-state index < -0.39 is 0 Å². The van der Waals surface area contributed by atoms with Crippen molar-refractivity contribution in [2.45, 2.75) is 26.2 Å². The van der Waals surface area contributed by atoms with Crippen LogP contribution in [0.2, 0.25) is 0 Å². The number of aromatic amines is 2. The summed E-state index contributed by atoms with van der Waals surface area (Å²) in [5.41, 5.74) is 16.4. The number of ether oxygens (including phenoxy) is 1. The molecule has 8 bridgehead atoms. The molecule has 5 nitrogen and oxygen atoms in total. The van der Waals surface area contributed by atoms with Gasteiger partial charge in [-0.1, -0.05) is 154 Å². The Labute approximate surface area is 344 Å².